The number of nitrogens with zero attached hydrogens (tertiary/aromatic N) is 2. The van der Waals surface area contributed by atoms with Gasteiger partial charge in [-0.25, -0.2) is 0 Å². The molecule has 0 aliphatic carbocycles. The fraction of sp³-hybridized carbons (Fsp3) is 0.385. The molecule has 2 heterocycles. The van der Waals surface area contributed by atoms with Crippen molar-refractivity contribution in [2.75, 3.05) is 25.0 Å². The van der Waals surface area contributed by atoms with Gasteiger partial charge in [-0.3, -0.25) is 9.59 Å². The highest BCUT2D eigenvalue weighted by atomic mass is 16.2. The number of aromatic amines is 1. The van der Waals surface area contributed by atoms with Crippen LogP contribution in [0.4, 0.5) is 5.69 Å². The van der Waals surface area contributed by atoms with Crippen LogP contribution < -0.4 is 10.2 Å². The number of aromatic nitrogens is 1. The van der Waals surface area contributed by atoms with Gasteiger partial charge in [-0.05, 0) is 48.6 Å². The summed E-state index contributed by atoms with van der Waals surface area (Å²) < 4.78 is 0. The average Bonchev–Trinajstić information content (AvgIpc) is 3.22. The van der Waals surface area contributed by atoms with E-state index in [-0.39, 0.29) is 11.8 Å². The Labute approximate surface area is 189 Å². The Bertz CT molecular complexity index is 1070. The predicted molar refractivity (Wildman–Crippen MR) is 129 cm³/mol. The Balaban J connectivity index is 1.44. The zero-order chi connectivity index (χ0) is 22.5. The van der Waals surface area contributed by atoms with Gasteiger partial charge in [0.05, 0.1) is 0 Å². The Morgan fingerprint density at radius 1 is 1.06 bits per heavy atom. The van der Waals surface area contributed by atoms with Crippen LogP contribution in [0.15, 0.2) is 54.7 Å². The summed E-state index contributed by atoms with van der Waals surface area (Å²) >= 11 is 0. The van der Waals surface area contributed by atoms with E-state index in [4.69, 9.17) is 0 Å². The van der Waals surface area contributed by atoms with Gasteiger partial charge in [0.2, 0.25) is 11.8 Å². The fourth-order valence-corrected chi connectivity index (χ4v) is 4.55. The highest BCUT2D eigenvalue weighted by Crippen LogP contribution is 2.22. The lowest BCUT2D eigenvalue weighted by atomic mass is 10.0. The average molecular weight is 433 g/mol. The molecule has 0 bridgehead atoms. The number of carbonyl (C=O) groups is 2. The standard InChI is InChI=1S/C26H32N4O2/c1-19(31)28-25(16-21-17-27-24-9-5-4-8-23(21)24)26(32)29(2)18-20-10-12-22(13-11-20)30-14-6-3-7-15-30/h4-5,8-13,17,25,27H,3,6-7,14-16,18H2,1-2H3,(H,28,31)/t25-/m0/s1. The molecule has 0 unspecified atom stereocenters. The first-order valence-electron chi connectivity index (χ1n) is 11.4. The molecule has 1 atom stereocenters. The maximum atomic E-state index is 13.3. The van der Waals surface area contributed by atoms with Crippen molar-refractivity contribution >= 4 is 28.4 Å². The highest BCUT2D eigenvalue weighted by Gasteiger charge is 2.24. The Hall–Kier alpha value is -3.28. The molecule has 0 spiro atoms. The van der Waals surface area contributed by atoms with Crippen molar-refractivity contribution in [3.8, 4) is 0 Å². The predicted octanol–water partition coefficient (Wildman–Crippen LogP) is 3.86. The lowest BCUT2D eigenvalue weighted by Gasteiger charge is -2.29. The molecule has 6 heteroatoms. The van der Waals surface area contributed by atoms with Crippen molar-refractivity contribution in [2.45, 2.75) is 45.2 Å². The second-order valence-electron chi connectivity index (χ2n) is 8.73. The number of fused-ring (bicyclic) bond motifs is 1. The van der Waals surface area contributed by atoms with Gasteiger partial charge in [0.25, 0.3) is 0 Å². The molecule has 2 amide bonds. The number of hydrogen-bond donors (Lipinski definition) is 2. The van der Waals surface area contributed by atoms with Crippen LogP contribution in [0.5, 0.6) is 0 Å². The number of anilines is 1. The smallest absolute Gasteiger partial charge is 0.245 e. The molecule has 1 saturated heterocycles. The molecule has 1 aliphatic heterocycles. The summed E-state index contributed by atoms with van der Waals surface area (Å²) in [5.41, 5.74) is 4.37. The first kappa shape index (κ1) is 21.9. The molecule has 6 nitrogen and oxygen atoms in total. The van der Waals surface area contributed by atoms with Gasteiger partial charge >= 0.3 is 0 Å². The maximum Gasteiger partial charge on any atom is 0.245 e. The summed E-state index contributed by atoms with van der Waals surface area (Å²) in [7, 11) is 1.80. The van der Waals surface area contributed by atoms with E-state index in [2.05, 4.69) is 39.5 Å². The minimum Gasteiger partial charge on any atom is -0.372 e. The molecule has 0 saturated carbocycles. The van der Waals surface area contributed by atoms with Crippen molar-refractivity contribution < 1.29 is 9.59 Å². The summed E-state index contributed by atoms with van der Waals surface area (Å²) in [5.74, 6) is -0.298. The number of piperidine rings is 1. The van der Waals surface area contributed by atoms with Crippen LogP contribution in [0.3, 0.4) is 0 Å². The van der Waals surface area contributed by atoms with Gasteiger partial charge in [0, 0.05) is 62.8 Å². The lowest BCUT2D eigenvalue weighted by Crippen LogP contribution is -2.47. The SMILES string of the molecule is CC(=O)N[C@@H](Cc1c[nH]c2ccccc12)C(=O)N(C)Cc1ccc(N2CCCCC2)cc1. The monoisotopic (exact) mass is 432 g/mol. The normalized spacial score (nSPS) is 14.9. The number of para-hydroxylation sites is 1. The van der Waals surface area contributed by atoms with Crippen LogP contribution in [0.2, 0.25) is 0 Å². The van der Waals surface area contributed by atoms with Crippen molar-refractivity contribution in [2.24, 2.45) is 0 Å². The van der Waals surface area contributed by atoms with Gasteiger partial charge in [-0.2, -0.15) is 0 Å². The summed E-state index contributed by atoms with van der Waals surface area (Å²) in [6.45, 7) is 4.19. The van der Waals surface area contributed by atoms with E-state index < -0.39 is 6.04 Å². The van der Waals surface area contributed by atoms with Crippen molar-refractivity contribution in [3.05, 3.63) is 65.9 Å². The first-order chi connectivity index (χ1) is 15.5. The number of amides is 2. The third-order valence-electron chi connectivity index (χ3n) is 6.23. The number of H-pyrrole nitrogens is 1. The summed E-state index contributed by atoms with van der Waals surface area (Å²) in [6, 6.07) is 15.9. The minimum atomic E-state index is -0.607. The largest absolute Gasteiger partial charge is 0.372 e. The van der Waals surface area contributed by atoms with Gasteiger partial charge in [0.1, 0.15) is 6.04 Å². The molecule has 1 aliphatic rings. The number of likely N-dealkylation sites (N-methyl/N-ethyl adjacent to an activating group) is 1. The highest BCUT2D eigenvalue weighted by molar-refractivity contribution is 5.89. The second-order valence-corrected chi connectivity index (χ2v) is 8.73. The molecule has 2 aromatic carbocycles. The molecule has 4 rings (SSSR count). The van der Waals surface area contributed by atoms with Crippen LogP contribution in [0, 0.1) is 0 Å². The van der Waals surface area contributed by atoms with E-state index in [0.717, 1.165) is 35.1 Å². The van der Waals surface area contributed by atoms with Crippen molar-refractivity contribution in [1.29, 1.82) is 0 Å². The fourth-order valence-electron chi connectivity index (χ4n) is 4.55. The summed E-state index contributed by atoms with van der Waals surface area (Å²) in [5, 5.41) is 3.93. The Morgan fingerprint density at radius 3 is 2.50 bits per heavy atom. The lowest BCUT2D eigenvalue weighted by molar-refractivity contribution is -0.135. The van der Waals surface area contributed by atoms with Gasteiger partial charge in [-0.1, -0.05) is 30.3 Å². The number of rotatable bonds is 7. The molecule has 0 radical (unpaired) electrons. The molecular formula is C26H32N4O2. The second kappa shape index (κ2) is 9.90. The van der Waals surface area contributed by atoms with Crippen LogP contribution in [-0.2, 0) is 22.6 Å². The minimum absolute atomic E-state index is 0.0920. The van der Waals surface area contributed by atoms with E-state index >= 15 is 0 Å². The number of carbonyl (C=O) groups excluding carboxylic acids is 2. The third-order valence-corrected chi connectivity index (χ3v) is 6.23. The Morgan fingerprint density at radius 2 is 1.78 bits per heavy atom. The molecule has 32 heavy (non-hydrogen) atoms. The summed E-state index contributed by atoms with van der Waals surface area (Å²) in [4.78, 5) is 32.4. The van der Waals surface area contributed by atoms with E-state index in [1.165, 1.54) is 31.9 Å². The summed E-state index contributed by atoms with van der Waals surface area (Å²) in [6.07, 6.45) is 6.18. The topological polar surface area (TPSA) is 68.4 Å². The zero-order valence-electron chi connectivity index (χ0n) is 18.9. The maximum absolute atomic E-state index is 13.3. The zero-order valence-corrected chi connectivity index (χ0v) is 18.9. The number of hydrogen-bond acceptors (Lipinski definition) is 3. The Kier molecular flexibility index (Phi) is 6.78. The molecule has 2 N–H and O–H groups in total. The number of benzene rings is 2. The molecule has 1 aromatic heterocycles. The quantitative estimate of drug-likeness (QED) is 0.596. The van der Waals surface area contributed by atoms with Gasteiger partial charge in [0.15, 0.2) is 0 Å². The van der Waals surface area contributed by atoms with E-state index in [1.54, 1.807) is 11.9 Å². The molecular weight excluding hydrogens is 400 g/mol. The number of nitrogens with one attached hydrogen (secondary N) is 2. The third kappa shape index (κ3) is 5.13. The van der Waals surface area contributed by atoms with E-state index in [0.29, 0.717) is 13.0 Å². The molecule has 3 aromatic rings. The van der Waals surface area contributed by atoms with Crippen LogP contribution in [-0.4, -0.2) is 47.9 Å². The van der Waals surface area contributed by atoms with Crippen LogP contribution in [0.25, 0.3) is 10.9 Å². The molecule has 168 valence electrons. The van der Waals surface area contributed by atoms with Crippen molar-refractivity contribution in [1.82, 2.24) is 15.2 Å². The van der Waals surface area contributed by atoms with E-state index in [9.17, 15) is 9.59 Å². The van der Waals surface area contributed by atoms with Gasteiger partial charge in [-0.15, -0.1) is 0 Å². The van der Waals surface area contributed by atoms with E-state index in [1.807, 2.05) is 30.5 Å². The van der Waals surface area contributed by atoms with Crippen molar-refractivity contribution in [3.63, 3.8) is 0 Å². The molecule has 1 fully saturated rings. The van der Waals surface area contributed by atoms with Crippen LogP contribution >= 0.6 is 0 Å². The van der Waals surface area contributed by atoms with Crippen LogP contribution in [0.1, 0.15) is 37.3 Å². The van der Waals surface area contributed by atoms with Gasteiger partial charge < -0.3 is 20.1 Å². The first-order valence-corrected chi connectivity index (χ1v) is 11.4.